The van der Waals surface area contributed by atoms with Gasteiger partial charge >= 0.3 is 0 Å². The topological polar surface area (TPSA) is 71.8 Å². The number of benzene rings is 1. The molecule has 3 heterocycles. The minimum absolute atomic E-state index is 0.0514. The molecular weight excluding hydrogens is 314 g/mol. The highest BCUT2D eigenvalue weighted by atomic mass is 16.1. The molecular formula is C19H19N5O. The summed E-state index contributed by atoms with van der Waals surface area (Å²) < 4.78 is 1.92. The number of nitrogens with zero attached hydrogens (tertiary/aromatic N) is 3. The molecule has 0 radical (unpaired) electrons. The second kappa shape index (κ2) is 6.76. The van der Waals surface area contributed by atoms with Crippen LogP contribution in [0.1, 0.15) is 27.3 Å². The van der Waals surface area contributed by atoms with Crippen LogP contribution in [0, 0.1) is 0 Å². The van der Waals surface area contributed by atoms with Gasteiger partial charge in [0, 0.05) is 19.2 Å². The molecule has 1 amide bonds. The highest BCUT2D eigenvalue weighted by Crippen LogP contribution is 2.17. The number of carbonyl (C=O) groups excluding carboxylic acids is 1. The maximum atomic E-state index is 11.9. The van der Waals surface area contributed by atoms with Gasteiger partial charge in [0.1, 0.15) is 0 Å². The number of hydrogen-bond donors (Lipinski definition) is 2. The molecule has 0 aliphatic carbocycles. The SMILES string of the molecule is O=C1NCCc2ncc(NCc3ccn(Cc4ccccc4)n3)cc21. The van der Waals surface area contributed by atoms with E-state index < -0.39 is 0 Å². The Balaban J connectivity index is 1.40. The molecule has 3 aromatic rings. The number of nitrogens with one attached hydrogen (secondary N) is 2. The molecule has 0 atom stereocenters. The fourth-order valence-corrected chi connectivity index (χ4v) is 2.92. The predicted molar refractivity (Wildman–Crippen MR) is 95.4 cm³/mol. The smallest absolute Gasteiger partial charge is 0.253 e. The summed E-state index contributed by atoms with van der Waals surface area (Å²) in [6, 6.07) is 14.1. The summed E-state index contributed by atoms with van der Waals surface area (Å²) in [5.74, 6) is -0.0514. The zero-order chi connectivity index (χ0) is 17.1. The number of aromatic nitrogens is 3. The molecule has 0 unspecified atom stereocenters. The molecule has 6 nitrogen and oxygen atoms in total. The molecule has 2 aromatic heterocycles. The van der Waals surface area contributed by atoms with Gasteiger partial charge in [0.2, 0.25) is 0 Å². The molecule has 0 fully saturated rings. The van der Waals surface area contributed by atoms with Crippen LogP contribution in [0.2, 0.25) is 0 Å². The van der Waals surface area contributed by atoms with Crippen LogP contribution < -0.4 is 10.6 Å². The van der Waals surface area contributed by atoms with Crippen molar-refractivity contribution in [3.8, 4) is 0 Å². The first-order valence-corrected chi connectivity index (χ1v) is 8.35. The number of anilines is 1. The van der Waals surface area contributed by atoms with Gasteiger partial charge in [-0.15, -0.1) is 0 Å². The molecule has 25 heavy (non-hydrogen) atoms. The van der Waals surface area contributed by atoms with E-state index in [1.165, 1.54) is 5.56 Å². The highest BCUT2D eigenvalue weighted by molar-refractivity contribution is 5.97. The summed E-state index contributed by atoms with van der Waals surface area (Å²) in [5, 5.41) is 10.7. The zero-order valence-corrected chi connectivity index (χ0v) is 13.8. The van der Waals surface area contributed by atoms with Crippen molar-refractivity contribution in [3.05, 3.63) is 77.4 Å². The Labute approximate surface area is 145 Å². The first-order chi connectivity index (χ1) is 12.3. The van der Waals surface area contributed by atoms with Crippen LogP contribution in [0.25, 0.3) is 0 Å². The summed E-state index contributed by atoms with van der Waals surface area (Å²) >= 11 is 0. The Morgan fingerprint density at radius 2 is 2.08 bits per heavy atom. The summed E-state index contributed by atoms with van der Waals surface area (Å²) in [4.78, 5) is 16.3. The minimum Gasteiger partial charge on any atom is -0.378 e. The van der Waals surface area contributed by atoms with Gasteiger partial charge in [-0.05, 0) is 17.7 Å². The van der Waals surface area contributed by atoms with Gasteiger partial charge in [-0.2, -0.15) is 5.10 Å². The molecule has 0 spiro atoms. The van der Waals surface area contributed by atoms with Crippen molar-refractivity contribution in [3.63, 3.8) is 0 Å². The highest BCUT2D eigenvalue weighted by Gasteiger charge is 2.17. The van der Waals surface area contributed by atoms with Crippen LogP contribution in [-0.2, 0) is 19.5 Å². The largest absolute Gasteiger partial charge is 0.378 e. The van der Waals surface area contributed by atoms with Gasteiger partial charge in [-0.1, -0.05) is 30.3 Å². The zero-order valence-electron chi connectivity index (χ0n) is 13.8. The Morgan fingerprint density at radius 3 is 2.96 bits per heavy atom. The van der Waals surface area contributed by atoms with Crippen molar-refractivity contribution in [1.82, 2.24) is 20.1 Å². The maximum absolute atomic E-state index is 11.9. The van der Waals surface area contributed by atoms with Gasteiger partial charge in [0.25, 0.3) is 5.91 Å². The summed E-state index contributed by atoms with van der Waals surface area (Å²) in [5.41, 5.74) is 4.51. The van der Waals surface area contributed by atoms with Gasteiger partial charge in [0.05, 0.1) is 41.9 Å². The van der Waals surface area contributed by atoms with E-state index in [4.69, 9.17) is 0 Å². The Hall–Kier alpha value is -3.15. The van der Waals surface area contributed by atoms with Gasteiger partial charge in [-0.25, -0.2) is 0 Å². The van der Waals surface area contributed by atoms with Crippen molar-refractivity contribution in [2.75, 3.05) is 11.9 Å². The third kappa shape index (κ3) is 3.52. The van der Waals surface area contributed by atoms with E-state index in [1.807, 2.05) is 41.2 Å². The lowest BCUT2D eigenvalue weighted by atomic mass is 10.1. The number of fused-ring (bicyclic) bond motifs is 1. The second-order valence-corrected chi connectivity index (χ2v) is 6.07. The molecule has 0 saturated carbocycles. The third-order valence-electron chi connectivity index (χ3n) is 4.22. The third-order valence-corrected chi connectivity index (χ3v) is 4.22. The number of amides is 1. The fourth-order valence-electron chi connectivity index (χ4n) is 2.92. The minimum atomic E-state index is -0.0514. The lowest BCUT2D eigenvalue weighted by Crippen LogP contribution is -2.32. The lowest BCUT2D eigenvalue weighted by Gasteiger charge is -2.16. The Morgan fingerprint density at radius 1 is 1.20 bits per heavy atom. The van der Waals surface area contributed by atoms with E-state index in [1.54, 1.807) is 6.20 Å². The van der Waals surface area contributed by atoms with E-state index in [2.05, 4.69) is 32.8 Å². The normalized spacial score (nSPS) is 13.2. The van der Waals surface area contributed by atoms with Gasteiger partial charge < -0.3 is 10.6 Å². The Kier molecular flexibility index (Phi) is 4.16. The molecule has 0 bridgehead atoms. The maximum Gasteiger partial charge on any atom is 0.253 e. The average Bonchev–Trinajstić information content (AvgIpc) is 3.09. The van der Waals surface area contributed by atoms with Crippen molar-refractivity contribution in [2.45, 2.75) is 19.5 Å². The fraction of sp³-hybridized carbons (Fsp3) is 0.211. The average molecular weight is 333 g/mol. The van der Waals surface area contributed by atoms with Crippen molar-refractivity contribution >= 4 is 11.6 Å². The molecule has 2 N–H and O–H groups in total. The summed E-state index contributed by atoms with van der Waals surface area (Å²) in [6.45, 7) is 2.00. The quantitative estimate of drug-likeness (QED) is 0.751. The Bertz CT molecular complexity index is 888. The standard InChI is InChI=1S/C19H19N5O/c25-19-17-10-16(12-22-18(17)6-8-20-19)21-11-15-7-9-24(23-15)13-14-4-2-1-3-5-14/h1-5,7,9-10,12,21H,6,8,11,13H2,(H,20,25). The van der Waals surface area contributed by atoms with Gasteiger partial charge in [0.15, 0.2) is 0 Å². The van der Waals surface area contributed by atoms with E-state index in [0.29, 0.717) is 18.7 Å². The van der Waals surface area contributed by atoms with Crippen molar-refractivity contribution in [1.29, 1.82) is 0 Å². The number of pyridine rings is 1. The molecule has 1 aliphatic heterocycles. The second-order valence-electron chi connectivity index (χ2n) is 6.07. The summed E-state index contributed by atoms with van der Waals surface area (Å²) in [7, 11) is 0. The first-order valence-electron chi connectivity index (χ1n) is 8.35. The van der Waals surface area contributed by atoms with E-state index in [0.717, 1.165) is 30.0 Å². The molecule has 1 aliphatic rings. The lowest BCUT2D eigenvalue weighted by molar-refractivity contribution is 0.0945. The van der Waals surface area contributed by atoms with Crippen LogP contribution in [0.3, 0.4) is 0 Å². The molecule has 0 saturated heterocycles. The van der Waals surface area contributed by atoms with Gasteiger partial charge in [-0.3, -0.25) is 14.5 Å². The van der Waals surface area contributed by atoms with Crippen molar-refractivity contribution < 1.29 is 4.79 Å². The number of hydrogen-bond acceptors (Lipinski definition) is 4. The van der Waals surface area contributed by atoms with Crippen LogP contribution in [0.15, 0.2) is 54.9 Å². The van der Waals surface area contributed by atoms with Crippen molar-refractivity contribution in [2.24, 2.45) is 0 Å². The monoisotopic (exact) mass is 333 g/mol. The summed E-state index contributed by atoms with van der Waals surface area (Å²) in [6.07, 6.45) is 4.53. The van der Waals surface area contributed by atoms with Crippen LogP contribution in [-0.4, -0.2) is 27.2 Å². The molecule has 4 rings (SSSR count). The number of carbonyl (C=O) groups is 1. The molecule has 1 aromatic carbocycles. The van der Waals surface area contributed by atoms with Crippen LogP contribution in [0.5, 0.6) is 0 Å². The van der Waals surface area contributed by atoms with Crippen LogP contribution >= 0.6 is 0 Å². The predicted octanol–water partition coefficient (Wildman–Crippen LogP) is 2.22. The van der Waals surface area contributed by atoms with E-state index >= 15 is 0 Å². The van der Waals surface area contributed by atoms with E-state index in [-0.39, 0.29) is 5.91 Å². The molecule has 6 heteroatoms. The number of rotatable bonds is 5. The van der Waals surface area contributed by atoms with Crippen LogP contribution in [0.4, 0.5) is 5.69 Å². The van der Waals surface area contributed by atoms with E-state index in [9.17, 15) is 4.79 Å². The molecule has 126 valence electrons. The first kappa shape index (κ1) is 15.4.